The Kier molecular flexibility index (Phi) is 6.50. The number of benzene rings is 2. The number of rotatable bonds is 6. The summed E-state index contributed by atoms with van der Waals surface area (Å²) in [5, 5.41) is 3.80. The molecule has 1 aromatic heterocycles. The van der Waals surface area contributed by atoms with Crippen LogP contribution in [0, 0.1) is 5.92 Å². The first-order chi connectivity index (χ1) is 14.6. The van der Waals surface area contributed by atoms with Gasteiger partial charge in [-0.15, -0.1) is 0 Å². The molecule has 3 aromatic rings. The van der Waals surface area contributed by atoms with Gasteiger partial charge >= 0.3 is 6.09 Å². The van der Waals surface area contributed by atoms with Crippen molar-refractivity contribution >= 4 is 44.4 Å². The number of anilines is 1. The minimum Gasteiger partial charge on any atom is -0.448 e. The van der Waals surface area contributed by atoms with Crippen LogP contribution in [0.3, 0.4) is 0 Å². The third-order valence-corrected chi connectivity index (χ3v) is 6.06. The van der Waals surface area contributed by atoms with Crippen molar-refractivity contribution in [2.75, 3.05) is 31.6 Å². The number of carbonyl (C=O) groups is 2. The SMILES string of the molecule is O=C(Nc1ccc2[nH]ccc2c1)OCCN1CCC(C(=O)c2ccc(Br)cc2)CC1. The molecule has 1 aliphatic heterocycles. The molecule has 7 heteroatoms. The van der Waals surface area contributed by atoms with Crippen molar-refractivity contribution in [2.24, 2.45) is 5.92 Å². The highest BCUT2D eigenvalue weighted by Gasteiger charge is 2.25. The number of Topliss-reactive ketones (excluding diaryl/α,β-unsaturated/α-hetero) is 1. The van der Waals surface area contributed by atoms with Crippen molar-refractivity contribution in [1.82, 2.24) is 9.88 Å². The van der Waals surface area contributed by atoms with E-state index in [9.17, 15) is 9.59 Å². The first-order valence-electron chi connectivity index (χ1n) is 10.1. The molecule has 0 saturated carbocycles. The van der Waals surface area contributed by atoms with E-state index in [2.05, 4.69) is 31.1 Å². The Bertz CT molecular complexity index is 1020. The normalized spacial score (nSPS) is 15.2. The fraction of sp³-hybridized carbons (Fsp3) is 0.304. The van der Waals surface area contributed by atoms with E-state index in [0.29, 0.717) is 18.8 Å². The molecule has 0 atom stereocenters. The second kappa shape index (κ2) is 9.45. The molecular formula is C23H24BrN3O3. The van der Waals surface area contributed by atoms with Crippen molar-refractivity contribution in [2.45, 2.75) is 12.8 Å². The van der Waals surface area contributed by atoms with E-state index in [1.807, 2.05) is 54.7 Å². The van der Waals surface area contributed by atoms with Gasteiger partial charge in [-0.25, -0.2) is 4.79 Å². The Hall–Kier alpha value is -2.64. The lowest BCUT2D eigenvalue weighted by atomic mass is 9.89. The largest absolute Gasteiger partial charge is 0.448 e. The molecule has 1 fully saturated rings. The van der Waals surface area contributed by atoms with Crippen molar-refractivity contribution in [3.05, 3.63) is 64.8 Å². The number of amides is 1. The highest BCUT2D eigenvalue weighted by molar-refractivity contribution is 9.10. The molecule has 0 unspecified atom stereocenters. The summed E-state index contributed by atoms with van der Waals surface area (Å²) in [7, 11) is 0. The summed E-state index contributed by atoms with van der Waals surface area (Å²) >= 11 is 3.40. The molecule has 2 N–H and O–H groups in total. The molecule has 1 saturated heterocycles. The number of ether oxygens (including phenoxy) is 1. The van der Waals surface area contributed by atoms with Crippen LogP contribution in [0.2, 0.25) is 0 Å². The molecule has 2 heterocycles. The van der Waals surface area contributed by atoms with Gasteiger partial charge in [0, 0.05) is 45.3 Å². The fourth-order valence-corrected chi connectivity index (χ4v) is 4.09. The van der Waals surface area contributed by atoms with Crippen LogP contribution < -0.4 is 5.32 Å². The predicted molar refractivity (Wildman–Crippen MR) is 121 cm³/mol. The number of aromatic amines is 1. The number of hydrogen-bond acceptors (Lipinski definition) is 4. The summed E-state index contributed by atoms with van der Waals surface area (Å²) in [6.45, 7) is 2.66. The van der Waals surface area contributed by atoms with Crippen molar-refractivity contribution in [3.8, 4) is 0 Å². The van der Waals surface area contributed by atoms with Gasteiger partial charge in [0.2, 0.25) is 0 Å². The Morgan fingerprint density at radius 2 is 1.87 bits per heavy atom. The Labute approximate surface area is 183 Å². The average Bonchev–Trinajstić information content (AvgIpc) is 3.22. The van der Waals surface area contributed by atoms with Crippen LogP contribution in [-0.2, 0) is 4.74 Å². The predicted octanol–water partition coefficient (Wildman–Crippen LogP) is 5.07. The summed E-state index contributed by atoms with van der Waals surface area (Å²) in [5.74, 6) is 0.284. The molecule has 1 aliphatic rings. The quantitative estimate of drug-likeness (QED) is 0.494. The van der Waals surface area contributed by atoms with Crippen LogP contribution in [-0.4, -0.2) is 48.0 Å². The summed E-state index contributed by atoms with van der Waals surface area (Å²) in [4.78, 5) is 30.0. The molecular weight excluding hydrogens is 446 g/mol. The van der Waals surface area contributed by atoms with E-state index < -0.39 is 6.09 Å². The van der Waals surface area contributed by atoms with Gasteiger partial charge in [0.25, 0.3) is 0 Å². The van der Waals surface area contributed by atoms with Crippen LogP contribution >= 0.6 is 15.9 Å². The van der Waals surface area contributed by atoms with E-state index in [1.54, 1.807) is 0 Å². The molecule has 30 heavy (non-hydrogen) atoms. The zero-order valence-corrected chi connectivity index (χ0v) is 18.2. The molecule has 6 nitrogen and oxygen atoms in total. The van der Waals surface area contributed by atoms with Crippen molar-refractivity contribution in [1.29, 1.82) is 0 Å². The zero-order valence-electron chi connectivity index (χ0n) is 16.6. The maximum atomic E-state index is 12.6. The third kappa shape index (κ3) is 5.09. The summed E-state index contributed by atoms with van der Waals surface area (Å²) in [6, 6.07) is 15.2. The smallest absolute Gasteiger partial charge is 0.411 e. The molecule has 4 rings (SSSR count). The second-order valence-electron chi connectivity index (χ2n) is 7.53. The van der Waals surface area contributed by atoms with Crippen molar-refractivity contribution in [3.63, 3.8) is 0 Å². The maximum absolute atomic E-state index is 12.6. The van der Waals surface area contributed by atoms with E-state index >= 15 is 0 Å². The van der Waals surface area contributed by atoms with E-state index in [-0.39, 0.29) is 11.7 Å². The Morgan fingerprint density at radius 1 is 1.10 bits per heavy atom. The summed E-state index contributed by atoms with van der Waals surface area (Å²) in [5.41, 5.74) is 2.50. The zero-order chi connectivity index (χ0) is 20.9. The highest BCUT2D eigenvalue weighted by atomic mass is 79.9. The molecule has 0 spiro atoms. The van der Waals surface area contributed by atoms with Gasteiger partial charge in [0.1, 0.15) is 6.61 Å². The summed E-state index contributed by atoms with van der Waals surface area (Å²) in [6.07, 6.45) is 3.07. The van der Waals surface area contributed by atoms with Gasteiger partial charge in [0.15, 0.2) is 5.78 Å². The minimum atomic E-state index is -0.454. The second-order valence-corrected chi connectivity index (χ2v) is 8.44. The Morgan fingerprint density at radius 3 is 2.63 bits per heavy atom. The van der Waals surface area contributed by atoms with Gasteiger partial charge < -0.3 is 9.72 Å². The molecule has 0 aliphatic carbocycles. The lowest BCUT2D eigenvalue weighted by molar-refractivity contribution is 0.0813. The number of carbonyl (C=O) groups excluding carboxylic acids is 2. The van der Waals surface area contributed by atoms with Crippen LogP contribution in [0.25, 0.3) is 10.9 Å². The molecule has 156 valence electrons. The number of hydrogen-bond donors (Lipinski definition) is 2. The fourth-order valence-electron chi connectivity index (χ4n) is 3.82. The van der Waals surface area contributed by atoms with Gasteiger partial charge in [-0.05, 0) is 62.3 Å². The van der Waals surface area contributed by atoms with Crippen LogP contribution in [0.1, 0.15) is 23.2 Å². The topological polar surface area (TPSA) is 74.4 Å². The van der Waals surface area contributed by atoms with Gasteiger partial charge in [0.05, 0.1) is 0 Å². The number of nitrogens with zero attached hydrogens (tertiary/aromatic N) is 1. The van der Waals surface area contributed by atoms with Crippen LogP contribution in [0.15, 0.2) is 59.2 Å². The first-order valence-corrected chi connectivity index (χ1v) is 10.9. The molecule has 2 aromatic carbocycles. The summed E-state index contributed by atoms with van der Waals surface area (Å²) < 4.78 is 6.30. The standard InChI is InChI=1S/C23H24BrN3O3/c24-19-3-1-16(2-4-19)22(28)17-8-11-27(12-9-17)13-14-30-23(29)26-20-5-6-21-18(15-20)7-10-25-21/h1-7,10,15,17,25H,8-9,11-14H2,(H,26,29). The number of H-pyrrole nitrogens is 1. The average molecular weight is 470 g/mol. The number of ketones is 1. The highest BCUT2D eigenvalue weighted by Crippen LogP contribution is 2.23. The van der Waals surface area contributed by atoms with Gasteiger partial charge in [-0.1, -0.05) is 28.1 Å². The third-order valence-electron chi connectivity index (χ3n) is 5.53. The number of halogens is 1. The molecule has 0 radical (unpaired) electrons. The van der Waals surface area contributed by atoms with E-state index in [0.717, 1.165) is 46.9 Å². The van der Waals surface area contributed by atoms with E-state index in [4.69, 9.17) is 4.74 Å². The van der Waals surface area contributed by atoms with Crippen LogP contribution in [0.5, 0.6) is 0 Å². The number of fused-ring (bicyclic) bond motifs is 1. The number of aromatic nitrogens is 1. The molecule has 1 amide bonds. The van der Waals surface area contributed by atoms with Gasteiger partial charge in [-0.3, -0.25) is 15.0 Å². The maximum Gasteiger partial charge on any atom is 0.411 e. The Balaban J connectivity index is 1.18. The van der Waals surface area contributed by atoms with Crippen molar-refractivity contribution < 1.29 is 14.3 Å². The molecule has 0 bridgehead atoms. The minimum absolute atomic E-state index is 0.0648. The number of likely N-dealkylation sites (tertiary alicyclic amines) is 1. The first kappa shape index (κ1) is 20.6. The van der Waals surface area contributed by atoms with E-state index in [1.165, 1.54) is 0 Å². The number of piperidine rings is 1. The van der Waals surface area contributed by atoms with Gasteiger partial charge in [-0.2, -0.15) is 0 Å². The van der Waals surface area contributed by atoms with Crippen LogP contribution in [0.4, 0.5) is 10.5 Å². The number of nitrogens with one attached hydrogen (secondary N) is 2. The lowest BCUT2D eigenvalue weighted by Gasteiger charge is -2.31. The lowest BCUT2D eigenvalue weighted by Crippen LogP contribution is -2.38. The monoisotopic (exact) mass is 469 g/mol.